The molecule has 0 radical (unpaired) electrons. The zero-order valence-corrected chi connectivity index (χ0v) is 13.4. The van der Waals surface area contributed by atoms with Gasteiger partial charge in [0.1, 0.15) is 12.1 Å². The number of carboxylic acid groups (broad SMARTS) is 1. The normalized spacial score (nSPS) is 16.9. The highest BCUT2D eigenvalue weighted by Crippen LogP contribution is 2.21. The van der Waals surface area contributed by atoms with Crippen molar-refractivity contribution in [3.05, 3.63) is 54.4 Å². The molecule has 0 aliphatic heterocycles. The van der Waals surface area contributed by atoms with E-state index in [4.69, 9.17) is 4.74 Å². The molecular formula is C19H25NO3. The highest BCUT2D eigenvalue weighted by atomic mass is 16.5. The van der Waals surface area contributed by atoms with Crippen LogP contribution in [0, 0.1) is 0 Å². The number of carbonyl (C=O) groups is 1. The highest BCUT2D eigenvalue weighted by molar-refractivity contribution is 5.74. The molecule has 2 N–H and O–H groups in total. The van der Waals surface area contributed by atoms with E-state index in [-0.39, 0.29) is 6.10 Å². The Balaban J connectivity index is 1.82. The Hall–Kier alpha value is -2.23. The Labute approximate surface area is 137 Å². The number of benzene rings is 1. The quantitative estimate of drug-likeness (QED) is 0.713. The summed E-state index contributed by atoms with van der Waals surface area (Å²) in [5.41, 5.74) is 1.05. The minimum atomic E-state index is -0.906. The van der Waals surface area contributed by atoms with Gasteiger partial charge in [0.25, 0.3) is 0 Å². The lowest BCUT2D eigenvalue weighted by molar-refractivity contribution is -0.139. The molecule has 4 heteroatoms. The highest BCUT2D eigenvalue weighted by Gasteiger charge is 2.19. The molecule has 0 heterocycles. The van der Waals surface area contributed by atoms with Crippen molar-refractivity contribution in [1.29, 1.82) is 0 Å². The van der Waals surface area contributed by atoms with Crippen LogP contribution in [0.5, 0.6) is 0 Å². The predicted octanol–water partition coefficient (Wildman–Crippen LogP) is 3.95. The molecule has 1 atom stereocenters. The summed E-state index contributed by atoms with van der Waals surface area (Å²) < 4.78 is 5.74. The van der Waals surface area contributed by atoms with Gasteiger partial charge in [0.05, 0.1) is 0 Å². The lowest BCUT2D eigenvalue weighted by Gasteiger charge is -2.25. The fourth-order valence-electron chi connectivity index (χ4n) is 2.74. The van der Waals surface area contributed by atoms with Crippen molar-refractivity contribution in [3.63, 3.8) is 0 Å². The van der Waals surface area contributed by atoms with Gasteiger partial charge in [0, 0.05) is 0 Å². The van der Waals surface area contributed by atoms with Crippen LogP contribution in [0.25, 0.3) is 6.08 Å². The molecule has 0 bridgehead atoms. The second kappa shape index (κ2) is 9.03. The SMILES string of the molecule is C=C(N[C@H](C/C=C/c1ccccc1)C(=O)O)OC1CCCCC1. The molecule has 1 aromatic rings. The maximum atomic E-state index is 11.4. The van der Waals surface area contributed by atoms with Gasteiger partial charge in [-0.25, -0.2) is 4.79 Å². The Kier molecular flexibility index (Phi) is 6.73. The molecule has 1 aliphatic rings. The Morgan fingerprint density at radius 1 is 1.30 bits per heavy atom. The summed E-state index contributed by atoms with van der Waals surface area (Å²) in [6.45, 7) is 3.82. The maximum absolute atomic E-state index is 11.4. The van der Waals surface area contributed by atoms with Crippen molar-refractivity contribution in [2.75, 3.05) is 0 Å². The fraction of sp³-hybridized carbons (Fsp3) is 0.421. The number of aliphatic carboxylic acids is 1. The summed E-state index contributed by atoms with van der Waals surface area (Å²) in [7, 11) is 0. The zero-order valence-electron chi connectivity index (χ0n) is 13.4. The van der Waals surface area contributed by atoms with Crippen LogP contribution >= 0.6 is 0 Å². The Morgan fingerprint density at radius 3 is 2.65 bits per heavy atom. The van der Waals surface area contributed by atoms with Gasteiger partial charge in [-0.05, 0) is 44.2 Å². The molecule has 0 aromatic heterocycles. The van der Waals surface area contributed by atoms with E-state index in [1.54, 1.807) is 0 Å². The third-order valence-corrected chi connectivity index (χ3v) is 3.98. The molecule has 1 fully saturated rings. The summed E-state index contributed by atoms with van der Waals surface area (Å²) in [6.07, 6.45) is 9.94. The van der Waals surface area contributed by atoms with Gasteiger partial charge in [-0.2, -0.15) is 0 Å². The second-order valence-electron chi connectivity index (χ2n) is 5.88. The molecule has 1 aliphatic carbocycles. The average molecular weight is 315 g/mol. The van der Waals surface area contributed by atoms with Gasteiger partial charge in [-0.3, -0.25) is 0 Å². The first-order valence-corrected chi connectivity index (χ1v) is 8.21. The number of rotatable bonds is 8. The van der Waals surface area contributed by atoms with E-state index >= 15 is 0 Å². The van der Waals surface area contributed by atoms with Gasteiger partial charge in [-0.1, -0.05) is 48.9 Å². The molecule has 0 unspecified atom stereocenters. The third kappa shape index (κ3) is 6.19. The molecule has 23 heavy (non-hydrogen) atoms. The topological polar surface area (TPSA) is 58.6 Å². The van der Waals surface area contributed by atoms with Crippen molar-refractivity contribution < 1.29 is 14.6 Å². The third-order valence-electron chi connectivity index (χ3n) is 3.98. The summed E-state index contributed by atoms with van der Waals surface area (Å²) in [5, 5.41) is 12.2. The van der Waals surface area contributed by atoms with E-state index in [2.05, 4.69) is 11.9 Å². The Bertz CT molecular complexity index is 533. The largest absolute Gasteiger partial charge is 0.480 e. The van der Waals surface area contributed by atoms with Crippen molar-refractivity contribution in [2.24, 2.45) is 0 Å². The summed E-state index contributed by atoms with van der Waals surface area (Å²) >= 11 is 0. The van der Waals surface area contributed by atoms with Crippen LogP contribution in [0.2, 0.25) is 0 Å². The second-order valence-corrected chi connectivity index (χ2v) is 5.88. The lowest BCUT2D eigenvalue weighted by Crippen LogP contribution is -2.37. The molecule has 1 aromatic carbocycles. The Morgan fingerprint density at radius 2 is 2.00 bits per heavy atom. The van der Waals surface area contributed by atoms with Crippen molar-refractivity contribution in [2.45, 2.75) is 50.7 Å². The zero-order chi connectivity index (χ0) is 16.5. The summed E-state index contributed by atoms with van der Waals surface area (Å²) in [6, 6.07) is 9.08. The standard InChI is InChI=1S/C19H25NO3/c1-15(23-17-12-6-3-7-13-17)20-18(19(21)22)14-8-11-16-9-4-2-5-10-16/h2,4-5,8-11,17-18,20H,1,3,6-7,12-14H2,(H,21,22)/b11-8+/t18-/m1/s1. The fourth-order valence-corrected chi connectivity index (χ4v) is 2.74. The van der Waals surface area contributed by atoms with E-state index in [9.17, 15) is 9.90 Å². The molecule has 4 nitrogen and oxygen atoms in total. The maximum Gasteiger partial charge on any atom is 0.326 e. The number of hydrogen-bond acceptors (Lipinski definition) is 3. The minimum Gasteiger partial charge on any atom is -0.480 e. The number of nitrogens with one attached hydrogen (secondary N) is 1. The average Bonchev–Trinajstić information content (AvgIpc) is 2.55. The van der Waals surface area contributed by atoms with Gasteiger partial charge >= 0.3 is 5.97 Å². The summed E-state index contributed by atoms with van der Waals surface area (Å²) in [5.74, 6) is -0.548. The van der Waals surface area contributed by atoms with Gasteiger partial charge in [0.2, 0.25) is 0 Å². The van der Waals surface area contributed by atoms with Gasteiger partial charge in [0.15, 0.2) is 5.88 Å². The van der Waals surface area contributed by atoms with Crippen molar-refractivity contribution >= 4 is 12.0 Å². The van der Waals surface area contributed by atoms with Crippen LogP contribution in [-0.4, -0.2) is 23.2 Å². The molecule has 0 amide bonds. The van der Waals surface area contributed by atoms with Crippen LogP contribution in [0.15, 0.2) is 48.9 Å². The number of ether oxygens (including phenoxy) is 1. The van der Waals surface area contributed by atoms with Crippen LogP contribution in [0.1, 0.15) is 44.1 Å². The summed E-state index contributed by atoms with van der Waals surface area (Å²) in [4.78, 5) is 11.4. The van der Waals surface area contributed by atoms with E-state index < -0.39 is 12.0 Å². The van der Waals surface area contributed by atoms with E-state index in [1.165, 1.54) is 19.3 Å². The molecular weight excluding hydrogens is 290 g/mol. The molecule has 2 rings (SSSR count). The van der Waals surface area contributed by atoms with E-state index in [0.29, 0.717) is 12.3 Å². The van der Waals surface area contributed by atoms with Gasteiger partial charge < -0.3 is 15.2 Å². The smallest absolute Gasteiger partial charge is 0.326 e. The van der Waals surface area contributed by atoms with Crippen molar-refractivity contribution in [1.82, 2.24) is 5.32 Å². The molecule has 124 valence electrons. The monoisotopic (exact) mass is 315 g/mol. The van der Waals surface area contributed by atoms with E-state index in [1.807, 2.05) is 42.5 Å². The molecule has 1 saturated carbocycles. The van der Waals surface area contributed by atoms with Crippen LogP contribution in [0.4, 0.5) is 0 Å². The van der Waals surface area contributed by atoms with Gasteiger partial charge in [-0.15, -0.1) is 0 Å². The first kappa shape index (κ1) is 17.1. The number of hydrogen-bond donors (Lipinski definition) is 2. The number of carboxylic acids is 1. The van der Waals surface area contributed by atoms with Crippen molar-refractivity contribution in [3.8, 4) is 0 Å². The molecule has 0 saturated heterocycles. The van der Waals surface area contributed by atoms with Crippen LogP contribution in [-0.2, 0) is 9.53 Å². The predicted molar refractivity (Wildman–Crippen MR) is 91.8 cm³/mol. The first-order chi connectivity index (χ1) is 11.1. The van der Waals surface area contributed by atoms with E-state index in [0.717, 1.165) is 18.4 Å². The van der Waals surface area contributed by atoms with Crippen LogP contribution in [0.3, 0.4) is 0 Å². The van der Waals surface area contributed by atoms with Crippen LogP contribution < -0.4 is 5.32 Å². The molecule has 0 spiro atoms. The lowest BCUT2D eigenvalue weighted by atomic mass is 9.98. The minimum absolute atomic E-state index is 0.165. The first-order valence-electron chi connectivity index (χ1n) is 8.21.